The zero-order valence-electron chi connectivity index (χ0n) is 19.2. The van der Waals surface area contributed by atoms with Crippen molar-refractivity contribution < 1.29 is 19.1 Å². The first-order valence-corrected chi connectivity index (χ1v) is 10.5. The summed E-state index contributed by atoms with van der Waals surface area (Å²) in [6, 6.07) is 20.0. The smallest absolute Gasteiger partial charge is 0.349 e. The van der Waals surface area contributed by atoms with E-state index < -0.39 is 5.97 Å². The summed E-state index contributed by atoms with van der Waals surface area (Å²) in [5.41, 5.74) is 4.22. The van der Waals surface area contributed by atoms with Crippen LogP contribution in [0.5, 0.6) is 11.5 Å². The van der Waals surface area contributed by atoms with Gasteiger partial charge in [-0.25, -0.2) is 4.79 Å². The van der Waals surface area contributed by atoms with Crippen molar-refractivity contribution in [3.63, 3.8) is 0 Å². The summed E-state index contributed by atoms with van der Waals surface area (Å²) in [4.78, 5) is 24.8. The lowest BCUT2D eigenvalue weighted by molar-refractivity contribution is -0.136. The van der Waals surface area contributed by atoms with Crippen LogP contribution >= 0.6 is 0 Å². The van der Waals surface area contributed by atoms with E-state index in [-0.39, 0.29) is 17.9 Å². The summed E-state index contributed by atoms with van der Waals surface area (Å²) in [6.45, 7) is 9.98. The zero-order chi connectivity index (χ0) is 23.3. The Balaban J connectivity index is 1.58. The van der Waals surface area contributed by atoms with Gasteiger partial charge in [0.05, 0.1) is 0 Å². The minimum absolute atomic E-state index is 0.103. The van der Waals surface area contributed by atoms with Crippen LogP contribution in [0, 0.1) is 13.8 Å². The van der Waals surface area contributed by atoms with Gasteiger partial charge in [-0.1, -0.05) is 51.1 Å². The molecule has 0 radical (unpaired) electrons. The maximum absolute atomic E-state index is 12.5. The Morgan fingerprint density at radius 1 is 0.906 bits per heavy atom. The monoisotopic (exact) mass is 431 g/mol. The molecule has 3 aromatic rings. The Labute approximate surface area is 189 Å². The van der Waals surface area contributed by atoms with Crippen molar-refractivity contribution >= 4 is 17.6 Å². The molecule has 0 bridgehead atoms. The number of esters is 1. The molecule has 0 aliphatic carbocycles. The quantitative estimate of drug-likeness (QED) is 0.393. The van der Waals surface area contributed by atoms with Crippen LogP contribution in [-0.4, -0.2) is 18.5 Å². The SMILES string of the molecule is Cc1ccc(C)c(NC(=O)c2ccc(OC(=O)COc3ccccc3C(C)(C)C)cc2)c1. The van der Waals surface area contributed by atoms with Crippen molar-refractivity contribution in [1.29, 1.82) is 0 Å². The van der Waals surface area contributed by atoms with Crippen LogP contribution in [-0.2, 0) is 10.2 Å². The number of para-hydroxylation sites is 1. The predicted molar refractivity (Wildman–Crippen MR) is 127 cm³/mol. The Bertz CT molecular complexity index is 1110. The third-order valence-corrected chi connectivity index (χ3v) is 5.03. The second-order valence-electron chi connectivity index (χ2n) is 8.81. The lowest BCUT2D eigenvalue weighted by Crippen LogP contribution is -2.20. The van der Waals surface area contributed by atoms with Crippen LogP contribution in [0.3, 0.4) is 0 Å². The number of hydrogen-bond donors (Lipinski definition) is 1. The molecule has 3 rings (SSSR count). The molecule has 1 N–H and O–H groups in total. The lowest BCUT2D eigenvalue weighted by atomic mass is 9.86. The van der Waals surface area contributed by atoms with Gasteiger partial charge in [0.25, 0.3) is 5.91 Å². The molecule has 5 heteroatoms. The van der Waals surface area contributed by atoms with Crippen LogP contribution in [0.15, 0.2) is 66.7 Å². The molecule has 0 aliphatic heterocycles. The van der Waals surface area contributed by atoms with E-state index in [4.69, 9.17) is 9.47 Å². The summed E-state index contributed by atoms with van der Waals surface area (Å²) in [6.07, 6.45) is 0. The van der Waals surface area contributed by atoms with E-state index in [0.29, 0.717) is 17.1 Å². The fourth-order valence-corrected chi connectivity index (χ4v) is 3.25. The van der Waals surface area contributed by atoms with Gasteiger partial charge in [0.2, 0.25) is 0 Å². The zero-order valence-corrected chi connectivity index (χ0v) is 19.2. The number of carbonyl (C=O) groups is 2. The minimum Gasteiger partial charge on any atom is -0.482 e. The summed E-state index contributed by atoms with van der Waals surface area (Å²) in [7, 11) is 0. The normalized spacial score (nSPS) is 11.0. The maximum Gasteiger partial charge on any atom is 0.349 e. The van der Waals surface area contributed by atoms with Crippen molar-refractivity contribution in [2.45, 2.75) is 40.0 Å². The highest BCUT2D eigenvalue weighted by molar-refractivity contribution is 6.04. The molecule has 0 unspecified atom stereocenters. The molecular formula is C27H29NO4. The van der Waals surface area contributed by atoms with Crippen molar-refractivity contribution in [3.05, 3.63) is 89.0 Å². The van der Waals surface area contributed by atoms with Gasteiger partial charge in [0, 0.05) is 11.3 Å². The first-order chi connectivity index (χ1) is 15.1. The molecule has 1 amide bonds. The molecule has 0 heterocycles. The highest BCUT2D eigenvalue weighted by Gasteiger charge is 2.19. The van der Waals surface area contributed by atoms with Crippen LogP contribution in [0.1, 0.15) is 47.8 Å². The summed E-state index contributed by atoms with van der Waals surface area (Å²) < 4.78 is 11.1. The van der Waals surface area contributed by atoms with Gasteiger partial charge in [0.1, 0.15) is 11.5 Å². The number of ether oxygens (including phenoxy) is 2. The molecule has 0 aliphatic rings. The standard InChI is InChI=1S/C27H29NO4/c1-18-10-11-19(2)23(16-18)28-26(30)20-12-14-21(15-13-20)32-25(29)17-31-24-9-7-6-8-22(24)27(3,4)5/h6-16H,17H2,1-5H3,(H,28,30). The highest BCUT2D eigenvalue weighted by atomic mass is 16.6. The molecule has 32 heavy (non-hydrogen) atoms. The Hall–Kier alpha value is -3.60. The number of rotatable bonds is 6. The van der Waals surface area contributed by atoms with E-state index in [1.807, 2.05) is 56.3 Å². The molecular weight excluding hydrogens is 402 g/mol. The second-order valence-corrected chi connectivity index (χ2v) is 8.81. The average Bonchev–Trinajstić information content (AvgIpc) is 2.75. The first kappa shape index (κ1) is 23.1. The second kappa shape index (κ2) is 9.69. The fraction of sp³-hybridized carbons (Fsp3) is 0.259. The van der Waals surface area contributed by atoms with Gasteiger partial charge in [-0.3, -0.25) is 4.79 Å². The molecule has 3 aromatic carbocycles. The van der Waals surface area contributed by atoms with Crippen molar-refractivity contribution in [1.82, 2.24) is 0 Å². The number of aryl methyl sites for hydroxylation is 2. The summed E-state index contributed by atoms with van der Waals surface area (Å²) in [5, 5.41) is 2.92. The van der Waals surface area contributed by atoms with Crippen molar-refractivity contribution in [3.8, 4) is 11.5 Å². The van der Waals surface area contributed by atoms with Crippen molar-refractivity contribution in [2.24, 2.45) is 0 Å². The van der Waals surface area contributed by atoms with E-state index in [1.54, 1.807) is 24.3 Å². The predicted octanol–water partition coefficient (Wildman–Crippen LogP) is 5.84. The molecule has 5 nitrogen and oxygen atoms in total. The average molecular weight is 432 g/mol. The topological polar surface area (TPSA) is 64.6 Å². The van der Waals surface area contributed by atoms with Gasteiger partial charge >= 0.3 is 5.97 Å². The van der Waals surface area contributed by atoms with E-state index in [0.717, 1.165) is 22.4 Å². The van der Waals surface area contributed by atoms with Crippen LogP contribution in [0.25, 0.3) is 0 Å². The lowest BCUT2D eigenvalue weighted by Gasteiger charge is -2.22. The molecule has 0 fully saturated rings. The first-order valence-electron chi connectivity index (χ1n) is 10.5. The van der Waals surface area contributed by atoms with Crippen LogP contribution < -0.4 is 14.8 Å². The molecule has 0 aromatic heterocycles. The number of nitrogens with one attached hydrogen (secondary N) is 1. The van der Waals surface area contributed by atoms with Gasteiger partial charge in [-0.05, 0) is 72.4 Å². The van der Waals surface area contributed by atoms with E-state index >= 15 is 0 Å². The number of anilines is 1. The van der Waals surface area contributed by atoms with Gasteiger partial charge in [-0.2, -0.15) is 0 Å². The Morgan fingerprint density at radius 3 is 2.28 bits per heavy atom. The molecule has 0 saturated heterocycles. The molecule has 166 valence electrons. The molecule has 0 saturated carbocycles. The number of hydrogen-bond acceptors (Lipinski definition) is 4. The largest absolute Gasteiger partial charge is 0.482 e. The van der Waals surface area contributed by atoms with Crippen LogP contribution in [0.2, 0.25) is 0 Å². The molecule has 0 spiro atoms. The van der Waals surface area contributed by atoms with Crippen molar-refractivity contribution in [2.75, 3.05) is 11.9 Å². The number of carbonyl (C=O) groups excluding carboxylic acids is 2. The minimum atomic E-state index is -0.513. The summed E-state index contributed by atoms with van der Waals surface area (Å²) in [5.74, 6) is 0.279. The molecule has 0 atom stereocenters. The van der Waals surface area contributed by atoms with Gasteiger partial charge in [0.15, 0.2) is 6.61 Å². The van der Waals surface area contributed by atoms with Crippen LogP contribution in [0.4, 0.5) is 5.69 Å². The Kier molecular flexibility index (Phi) is 6.98. The third kappa shape index (κ3) is 5.97. The van der Waals surface area contributed by atoms with E-state index in [1.165, 1.54) is 0 Å². The highest BCUT2D eigenvalue weighted by Crippen LogP contribution is 2.31. The van der Waals surface area contributed by atoms with Gasteiger partial charge < -0.3 is 14.8 Å². The third-order valence-electron chi connectivity index (χ3n) is 5.03. The van der Waals surface area contributed by atoms with E-state index in [9.17, 15) is 9.59 Å². The maximum atomic E-state index is 12.5. The fourth-order valence-electron chi connectivity index (χ4n) is 3.25. The Morgan fingerprint density at radius 2 is 1.59 bits per heavy atom. The van der Waals surface area contributed by atoms with Gasteiger partial charge in [-0.15, -0.1) is 0 Å². The summed E-state index contributed by atoms with van der Waals surface area (Å²) >= 11 is 0. The van der Waals surface area contributed by atoms with E-state index in [2.05, 4.69) is 26.1 Å². The number of benzene rings is 3. The number of amides is 1.